The molecule has 0 spiro atoms. The van der Waals surface area contributed by atoms with Crippen molar-refractivity contribution in [2.45, 2.75) is 32.8 Å². The van der Waals surface area contributed by atoms with E-state index in [0.29, 0.717) is 6.61 Å². The fourth-order valence-corrected chi connectivity index (χ4v) is 2.61. The molecule has 1 heterocycles. The third-order valence-corrected chi connectivity index (χ3v) is 3.66. The van der Waals surface area contributed by atoms with E-state index < -0.39 is 5.60 Å². The molecule has 4 heteroatoms. The van der Waals surface area contributed by atoms with Gasteiger partial charge in [0.2, 0.25) is 0 Å². The fraction of sp³-hybridized carbons (Fsp3) is 0.400. The van der Waals surface area contributed by atoms with Gasteiger partial charge in [-0.05, 0) is 38.5 Å². The Morgan fingerprint density at radius 1 is 1.37 bits per heavy atom. The highest BCUT2D eigenvalue weighted by Gasteiger charge is 2.19. The molecule has 0 radical (unpaired) electrons. The zero-order chi connectivity index (χ0) is 13.9. The van der Waals surface area contributed by atoms with Crippen LogP contribution in [0.2, 0.25) is 0 Å². The van der Waals surface area contributed by atoms with Gasteiger partial charge in [-0.15, -0.1) is 11.3 Å². The van der Waals surface area contributed by atoms with Gasteiger partial charge in [0.05, 0.1) is 17.3 Å². The van der Waals surface area contributed by atoms with Crippen LogP contribution < -0.4 is 4.74 Å². The van der Waals surface area contributed by atoms with Crippen molar-refractivity contribution in [1.29, 1.82) is 0 Å². The summed E-state index contributed by atoms with van der Waals surface area (Å²) in [6.07, 6.45) is 0.759. The van der Waals surface area contributed by atoms with Crippen LogP contribution in [0.5, 0.6) is 5.75 Å². The normalized spacial score (nSPS) is 11.6. The minimum atomic E-state index is -0.869. The summed E-state index contributed by atoms with van der Waals surface area (Å²) < 4.78 is 5.69. The van der Waals surface area contributed by atoms with Gasteiger partial charge in [-0.2, -0.15) is 0 Å². The maximum Gasteiger partial charge on any atom is 0.119 e. The quantitative estimate of drug-likeness (QED) is 0.911. The van der Waals surface area contributed by atoms with Gasteiger partial charge in [0, 0.05) is 11.8 Å². The van der Waals surface area contributed by atoms with Gasteiger partial charge < -0.3 is 9.84 Å². The largest absolute Gasteiger partial charge is 0.493 e. The molecule has 0 saturated heterocycles. The van der Waals surface area contributed by atoms with E-state index in [1.807, 2.05) is 36.6 Å². The van der Waals surface area contributed by atoms with Gasteiger partial charge in [-0.3, -0.25) is 0 Å². The third-order valence-electron chi connectivity index (χ3n) is 2.75. The number of aromatic nitrogens is 1. The lowest BCUT2D eigenvalue weighted by Gasteiger charge is -2.13. The Kier molecular flexibility index (Phi) is 4.22. The Balaban J connectivity index is 1.88. The maximum absolute atomic E-state index is 9.85. The first-order chi connectivity index (χ1) is 8.95. The second-order valence-corrected chi connectivity index (χ2v) is 6.04. The summed E-state index contributed by atoms with van der Waals surface area (Å²) in [4.78, 5) is 4.42. The SMILES string of the molecule is Cc1cccc(OCCc2nc(C(C)(C)O)cs2)c1. The minimum absolute atomic E-state index is 0.599. The third kappa shape index (κ3) is 4.04. The number of hydrogen-bond acceptors (Lipinski definition) is 4. The topological polar surface area (TPSA) is 42.4 Å². The summed E-state index contributed by atoms with van der Waals surface area (Å²) in [7, 11) is 0. The van der Waals surface area contributed by atoms with Crippen molar-refractivity contribution in [2.24, 2.45) is 0 Å². The molecule has 0 fully saturated rings. The van der Waals surface area contributed by atoms with Crippen LogP contribution in [0.3, 0.4) is 0 Å². The van der Waals surface area contributed by atoms with E-state index in [-0.39, 0.29) is 0 Å². The smallest absolute Gasteiger partial charge is 0.119 e. The first kappa shape index (κ1) is 14.0. The van der Waals surface area contributed by atoms with Crippen molar-refractivity contribution < 1.29 is 9.84 Å². The van der Waals surface area contributed by atoms with Crippen LogP contribution in [0, 0.1) is 6.92 Å². The molecule has 1 N–H and O–H groups in total. The van der Waals surface area contributed by atoms with Gasteiger partial charge in [-0.1, -0.05) is 12.1 Å². The van der Waals surface area contributed by atoms with Crippen molar-refractivity contribution in [3.8, 4) is 5.75 Å². The number of nitrogens with zero attached hydrogens (tertiary/aromatic N) is 1. The second kappa shape index (κ2) is 5.72. The highest BCUT2D eigenvalue weighted by molar-refractivity contribution is 7.09. The Labute approximate surface area is 117 Å². The fourth-order valence-electron chi connectivity index (χ4n) is 1.67. The molecule has 2 aromatic rings. The lowest BCUT2D eigenvalue weighted by atomic mass is 10.1. The second-order valence-electron chi connectivity index (χ2n) is 5.10. The lowest BCUT2D eigenvalue weighted by Crippen LogP contribution is -2.16. The summed E-state index contributed by atoms with van der Waals surface area (Å²) >= 11 is 1.56. The molecule has 0 aliphatic heterocycles. The van der Waals surface area contributed by atoms with Crippen LogP contribution in [0.1, 0.15) is 30.1 Å². The number of aryl methyl sites for hydroxylation is 1. The summed E-state index contributed by atoms with van der Waals surface area (Å²) in [5, 5.41) is 12.7. The van der Waals surface area contributed by atoms with Crippen molar-refractivity contribution in [1.82, 2.24) is 4.98 Å². The monoisotopic (exact) mass is 277 g/mol. The Bertz CT molecular complexity index is 543. The van der Waals surface area contributed by atoms with Crippen LogP contribution in [0.4, 0.5) is 0 Å². The molecule has 0 amide bonds. The zero-order valence-electron chi connectivity index (χ0n) is 11.5. The number of hydrogen-bond donors (Lipinski definition) is 1. The standard InChI is InChI=1S/C15H19NO2S/c1-11-5-4-6-12(9-11)18-8-7-14-16-13(10-19-14)15(2,3)17/h4-6,9-10,17H,7-8H2,1-3H3. The van der Waals surface area contributed by atoms with Gasteiger partial charge in [0.1, 0.15) is 11.4 Å². The molecular formula is C15H19NO2S. The van der Waals surface area contributed by atoms with Gasteiger partial charge in [0.15, 0.2) is 0 Å². The summed E-state index contributed by atoms with van der Waals surface area (Å²) in [5.74, 6) is 0.888. The number of benzene rings is 1. The molecule has 0 aliphatic carbocycles. The average Bonchev–Trinajstić information content (AvgIpc) is 2.77. The molecule has 1 aromatic carbocycles. The van der Waals surface area contributed by atoms with Crippen LogP contribution in [-0.2, 0) is 12.0 Å². The molecule has 0 atom stereocenters. The molecule has 3 nitrogen and oxygen atoms in total. The van der Waals surface area contributed by atoms with E-state index in [1.54, 1.807) is 25.2 Å². The van der Waals surface area contributed by atoms with E-state index in [9.17, 15) is 5.11 Å². The maximum atomic E-state index is 9.85. The van der Waals surface area contributed by atoms with Crippen LogP contribution >= 0.6 is 11.3 Å². The summed E-state index contributed by atoms with van der Waals surface area (Å²) in [6, 6.07) is 8.00. The van der Waals surface area contributed by atoms with Crippen molar-refractivity contribution in [3.05, 3.63) is 45.9 Å². The van der Waals surface area contributed by atoms with Crippen molar-refractivity contribution in [3.63, 3.8) is 0 Å². The van der Waals surface area contributed by atoms with Crippen molar-refractivity contribution >= 4 is 11.3 Å². The van der Waals surface area contributed by atoms with Gasteiger partial charge in [0.25, 0.3) is 0 Å². The zero-order valence-corrected chi connectivity index (χ0v) is 12.3. The van der Waals surface area contributed by atoms with Crippen molar-refractivity contribution in [2.75, 3.05) is 6.61 Å². The van der Waals surface area contributed by atoms with E-state index in [2.05, 4.69) is 4.98 Å². The van der Waals surface area contributed by atoms with Crippen LogP contribution in [0.25, 0.3) is 0 Å². The predicted octanol–water partition coefficient (Wildman–Crippen LogP) is 3.30. The number of ether oxygens (including phenoxy) is 1. The Morgan fingerprint density at radius 2 is 2.16 bits per heavy atom. The van der Waals surface area contributed by atoms with E-state index >= 15 is 0 Å². The highest BCUT2D eigenvalue weighted by Crippen LogP contribution is 2.22. The van der Waals surface area contributed by atoms with E-state index in [4.69, 9.17) is 4.74 Å². The van der Waals surface area contributed by atoms with Gasteiger partial charge in [-0.25, -0.2) is 4.98 Å². The Hall–Kier alpha value is -1.39. The predicted molar refractivity (Wildman–Crippen MR) is 77.7 cm³/mol. The summed E-state index contributed by atoms with van der Waals surface area (Å²) in [5.41, 5.74) is 1.05. The van der Waals surface area contributed by atoms with E-state index in [1.165, 1.54) is 5.56 Å². The first-order valence-electron chi connectivity index (χ1n) is 6.32. The van der Waals surface area contributed by atoms with Crippen LogP contribution in [-0.4, -0.2) is 16.7 Å². The average molecular weight is 277 g/mol. The molecule has 19 heavy (non-hydrogen) atoms. The first-order valence-corrected chi connectivity index (χ1v) is 7.20. The number of thiazole rings is 1. The lowest BCUT2D eigenvalue weighted by molar-refractivity contribution is 0.0743. The molecule has 0 saturated carbocycles. The molecule has 0 aliphatic rings. The number of aliphatic hydroxyl groups is 1. The summed E-state index contributed by atoms with van der Waals surface area (Å²) in [6.45, 7) is 6.13. The molecule has 1 aromatic heterocycles. The number of rotatable bonds is 5. The molecule has 102 valence electrons. The Morgan fingerprint density at radius 3 is 2.79 bits per heavy atom. The molecule has 2 rings (SSSR count). The van der Waals surface area contributed by atoms with Crippen LogP contribution in [0.15, 0.2) is 29.6 Å². The van der Waals surface area contributed by atoms with Gasteiger partial charge >= 0.3 is 0 Å². The highest BCUT2D eigenvalue weighted by atomic mass is 32.1. The minimum Gasteiger partial charge on any atom is -0.493 e. The molecule has 0 bridgehead atoms. The van der Waals surface area contributed by atoms with E-state index in [0.717, 1.165) is 22.9 Å². The molecular weight excluding hydrogens is 258 g/mol. The molecule has 0 unspecified atom stereocenters.